The molecule has 5 heteroatoms. The number of rotatable bonds is 15. The SMILES string of the molecule is CCCCCCCCCCCCN.NCCCCC(N)C(=O)O. The Morgan fingerprint density at radius 1 is 0.783 bits per heavy atom. The average molecular weight is 332 g/mol. The lowest BCUT2D eigenvalue weighted by Gasteiger charge is -2.03. The number of carboxylic acid groups (broad SMARTS) is 1. The zero-order valence-electron chi connectivity index (χ0n) is 15.3. The van der Waals surface area contributed by atoms with Crippen LogP contribution in [0.1, 0.15) is 90.4 Å². The summed E-state index contributed by atoms with van der Waals surface area (Å²) in [5.74, 6) is -0.933. The van der Waals surface area contributed by atoms with E-state index in [9.17, 15) is 4.79 Å². The van der Waals surface area contributed by atoms with Crippen molar-refractivity contribution < 1.29 is 9.90 Å². The van der Waals surface area contributed by atoms with Gasteiger partial charge in [-0.1, -0.05) is 71.1 Å². The molecule has 0 radical (unpaired) electrons. The normalized spacial score (nSPS) is 11.7. The van der Waals surface area contributed by atoms with E-state index < -0.39 is 12.0 Å². The third-order valence-corrected chi connectivity index (χ3v) is 3.84. The zero-order valence-corrected chi connectivity index (χ0v) is 15.3. The van der Waals surface area contributed by atoms with Crippen molar-refractivity contribution in [2.45, 2.75) is 96.4 Å². The second-order valence-electron chi connectivity index (χ2n) is 6.20. The quantitative estimate of drug-likeness (QED) is 0.343. The maximum Gasteiger partial charge on any atom is 0.320 e. The fraction of sp³-hybridized carbons (Fsp3) is 0.944. The van der Waals surface area contributed by atoms with Crippen LogP contribution in [0, 0.1) is 0 Å². The summed E-state index contributed by atoms with van der Waals surface area (Å²) in [5.41, 5.74) is 15.8. The fourth-order valence-corrected chi connectivity index (χ4v) is 2.26. The second kappa shape index (κ2) is 21.4. The van der Waals surface area contributed by atoms with Gasteiger partial charge in [-0.2, -0.15) is 0 Å². The highest BCUT2D eigenvalue weighted by molar-refractivity contribution is 5.72. The molecule has 0 aromatic rings. The smallest absolute Gasteiger partial charge is 0.320 e. The first-order valence-electron chi connectivity index (χ1n) is 9.48. The van der Waals surface area contributed by atoms with Crippen LogP contribution in [0.2, 0.25) is 0 Å². The number of hydrogen-bond donors (Lipinski definition) is 4. The molecule has 0 aromatic carbocycles. The first-order valence-corrected chi connectivity index (χ1v) is 9.48. The lowest BCUT2D eigenvalue weighted by atomic mass is 10.1. The largest absolute Gasteiger partial charge is 0.480 e. The lowest BCUT2D eigenvalue weighted by molar-refractivity contribution is -0.138. The van der Waals surface area contributed by atoms with Crippen molar-refractivity contribution >= 4 is 5.97 Å². The molecule has 0 aromatic heterocycles. The van der Waals surface area contributed by atoms with Crippen LogP contribution in [0.4, 0.5) is 0 Å². The Morgan fingerprint density at radius 3 is 1.57 bits per heavy atom. The Kier molecular flexibility index (Phi) is 22.8. The van der Waals surface area contributed by atoms with Crippen LogP contribution in [-0.4, -0.2) is 30.2 Å². The summed E-state index contributed by atoms with van der Waals surface area (Å²) in [6.07, 6.45) is 16.1. The molecule has 0 aliphatic heterocycles. The molecule has 0 saturated carbocycles. The number of aliphatic carboxylic acids is 1. The Balaban J connectivity index is 0. The molecule has 0 fully saturated rings. The number of hydrogen-bond acceptors (Lipinski definition) is 4. The van der Waals surface area contributed by atoms with Crippen molar-refractivity contribution in [3.63, 3.8) is 0 Å². The van der Waals surface area contributed by atoms with Crippen molar-refractivity contribution in [3.05, 3.63) is 0 Å². The molecule has 0 heterocycles. The van der Waals surface area contributed by atoms with Gasteiger partial charge in [0.15, 0.2) is 0 Å². The van der Waals surface area contributed by atoms with E-state index in [1.165, 1.54) is 64.2 Å². The minimum absolute atomic E-state index is 0.520. The van der Waals surface area contributed by atoms with Crippen molar-refractivity contribution in [1.29, 1.82) is 0 Å². The highest BCUT2D eigenvalue weighted by Crippen LogP contribution is 2.09. The zero-order chi connectivity index (χ0) is 17.8. The highest BCUT2D eigenvalue weighted by Gasteiger charge is 2.09. The molecule has 0 spiro atoms. The average Bonchev–Trinajstić information content (AvgIpc) is 2.54. The molecule has 0 rings (SSSR count). The Labute approximate surface area is 143 Å². The van der Waals surface area contributed by atoms with Crippen LogP contribution in [0.5, 0.6) is 0 Å². The van der Waals surface area contributed by atoms with Crippen molar-refractivity contribution in [2.24, 2.45) is 17.2 Å². The van der Waals surface area contributed by atoms with E-state index in [-0.39, 0.29) is 0 Å². The van der Waals surface area contributed by atoms with Crippen molar-refractivity contribution in [3.8, 4) is 0 Å². The molecule has 0 saturated heterocycles. The second-order valence-corrected chi connectivity index (χ2v) is 6.20. The van der Waals surface area contributed by atoms with Gasteiger partial charge in [0, 0.05) is 0 Å². The van der Waals surface area contributed by atoms with Crippen LogP contribution in [-0.2, 0) is 4.79 Å². The van der Waals surface area contributed by atoms with Gasteiger partial charge in [-0.25, -0.2) is 0 Å². The molecule has 0 amide bonds. The first kappa shape index (κ1) is 24.6. The minimum atomic E-state index is -0.933. The van der Waals surface area contributed by atoms with Crippen LogP contribution in [0.25, 0.3) is 0 Å². The number of nitrogens with two attached hydrogens (primary N) is 3. The summed E-state index contributed by atoms with van der Waals surface area (Å²) in [7, 11) is 0. The van der Waals surface area contributed by atoms with E-state index in [1.807, 2.05) is 0 Å². The standard InChI is InChI=1S/C12H27N.C6H14N2O2/c1-2-3-4-5-6-7-8-9-10-11-12-13;7-4-2-1-3-5(8)6(9)10/h2-13H2,1H3;5H,1-4,7-8H2,(H,9,10). The van der Waals surface area contributed by atoms with E-state index in [1.54, 1.807) is 0 Å². The van der Waals surface area contributed by atoms with Gasteiger partial charge in [0.2, 0.25) is 0 Å². The summed E-state index contributed by atoms with van der Waals surface area (Å²) in [6.45, 7) is 3.75. The summed E-state index contributed by atoms with van der Waals surface area (Å²) in [4.78, 5) is 10.1. The molecule has 0 aliphatic carbocycles. The predicted octanol–water partition coefficient (Wildman–Crippen LogP) is 3.39. The van der Waals surface area contributed by atoms with E-state index in [2.05, 4.69) is 6.92 Å². The van der Waals surface area contributed by atoms with Crippen molar-refractivity contribution in [2.75, 3.05) is 13.1 Å². The molecule has 5 nitrogen and oxygen atoms in total. The molecule has 0 aliphatic rings. The van der Waals surface area contributed by atoms with Gasteiger partial charge < -0.3 is 22.3 Å². The van der Waals surface area contributed by atoms with Gasteiger partial charge in [0.05, 0.1) is 0 Å². The molecule has 23 heavy (non-hydrogen) atoms. The molecule has 140 valence electrons. The molecular formula is C18H41N3O2. The molecular weight excluding hydrogens is 290 g/mol. The maximum absolute atomic E-state index is 10.1. The Bertz CT molecular complexity index is 228. The highest BCUT2D eigenvalue weighted by atomic mass is 16.4. The van der Waals surface area contributed by atoms with Crippen LogP contribution in [0.3, 0.4) is 0 Å². The van der Waals surface area contributed by atoms with Gasteiger partial charge in [-0.3, -0.25) is 4.79 Å². The number of unbranched alkanes of at least 4 members (excludes halogenated alkanes) is 10. The van der Waals surface area contributed by atoms with Gasteiger partial charge in [0.1, 0.15) is 6.04 Å². The van der Waals surface area contributed by atoms with Gasteiger partial charge in [-0.15, -0.1) is 0 Å². The topological polar surface area (TPSA) is 115 Å². The Hall–Kier alpha value is -0.650. The Morgan fingerprint density at radius 2 is 1.17 bits per heavy atom. The number of carbonyl (C=O) groups is 1. The molecule has 0 bridgehead atoms. The van der Waals surface area contributed by atoms with Crippen LogP contribution < -0.4 is 17.2 Å². The number of carboxylic acids is 1. The summed E-state index contributed by atoms with van der Waals surface area (Å²) < 4.78 is 0. The van der Waals surface area contributed by atoms with Crippen LogP contribution in [0.15, 0.2) is 0 Å². The van der Waals surface area contributed by atoms with Gasteiger partial charge >= 0.3 is 5.97 Å². The lowest BCUT2D eigenvalue weighted by Crippen LogP contribution is -2.29. The van der Waals surface area contributed by atoms with E-state index in [4.69, 9.17) is 22.3 Å². The first-order chi connectivity index (χ1) is 11.1. The third-order valence-electron chi connectivity index (χ3n) is 3.84. The summed E-state index contributed by atoms with van der Waals surface area (Å²) in [5, 5.41) is 8.33. The summed E-state index contributed by atoms with van der Waals surface area (Å²) in [6, 6.07) is -0.716. The van der Waals surface area contributed by atoms with Gasteiger partial charge in [0.25, 0.3) is 0 Å². The predicted molar refractivity (Wildman–Crippen MR) is 99.4 cm³/mol. The molecule has 1 unspecified atom stereocenters. The molecule has 1 atom stereocenters. The van der Waals surface area contributed by atoms with E-state index >= 15 is 0 Å². The van der Waals surface area contributed by atoms with Crippen molar-refractivity contribution in [1.82, 2.24) is 0 Å². The maximum atomic E-state index is 10.1. The third kappa shape index (κ3) is 23.7. The molecule has 7 N–H and O–H groups in total. The van der Waals surface area contributed by atoms with E-state index in [0.29, 0.717) is 13.0 Å². The van der Waals surface area contributed by atoms with Gasteiger partial charge in [-0.05, 0) is 32.4 Å². The monoisotopic (exact) mass is 331 g/mol. The minimum Gasteiger partial charge on any atom is -0.480 e. The van der Waals surface area contributed by atoms with E-state index in [0.717, 1.165) is 19.4 Å². The fourth-order valence-electron chi connectivity index (χ4n) is 2.26. The van der Waals surface area contributed by atoms with Crippen LogP contribution >= 0.6 is 0 Å². The summed E-state index contributed by atoms with van der Waals surface area (Å²) >= 11 is 0.